The molecule has 1 aliphatic heterocycles. The van der Waals surface area contributed by atoms with E-state index in [4.69, 9.17) is 4.74 Å². The first-order valence-corrected chi connectivity index (χ1v) is 6.54. The number of carbonyl (C=O) groups is 2. The van der Waals surface area contributed by atoms with Gasteiger partial charge in [-0.25, -0.2) is 0 Å². The fourth-order valence-electron chi connectivity index (χ4n) is 1.75. The summed E-state index contributed by atoms with van der Waals surface area (Å²) in [4.78, 5) is 23.1. The van der Waals surface area contributed by atoms with E-state index in [9.17, 15) is 9.59 Å². The van der Waals surface area contributed by atoms with Gasteiger partial charge in [-0.15, -0.1) is 0 Å². The lowest BCUT2D eigenvalue weighted by Crippen LogP contribution is -2.56. The van der Waals surface area contributed by atoms with Crippen LogP contribution in [0.15, 0.2) is 22.7 Å². The molecule has 1 aliphatic rings. The molecule has 0 aromatic heterocycles. The van der Waals surface area contributed by atoms with Gasteiger partial charge in [-0.05, 0) is 18.2 Å². The first kappa shape index (κ1) is 13.8. The smallest absolute Gasteiger partial charge is 0.243 e. The molecule has 19 heavy (non-hydrogen) atoms. The van der Waals surface area contributed by atoms with Crippen LogP contribution in [0.1, 0.15) is 0 Å². The highest BCUT2D eigenvalue weighted by Crippen LogP contribution is 2.27. The first-order chi connectivity index (χ1) is 9.10. The number of benzene rings is 1. The molecule has 1 heterocycles. The van der Waals surface area contributed by atoms with E-state index in [0.29, 0.717) is 11.4 Å². The molecule has 0 saturated carbocycles. The molecule has 102 valence electrons. The van der Waals surface area contributed by atoms with Crippen molar-refractivity contribution in [1.29, 1.82) is 0 Å². The second-order valence-corrected chi connectivity index (χ2v) is 4.99. The predicted octanol–water partition coefficient (Wildman–Crippen LogP) is 0.484. The maximum atomic E-state index is 12.1. The van der Waals surface area contributed by atoms with Crippen LogP contribution >= 0.6 is 15.9 Å². The third kappa shape index (κ3) is 3.45. The fraction of sp³-hybridized carbons (Fsp3) is 0.333. The van der Waals surface area contributed by atoms with Crippen molar-refractivity contribution in [3.05, 3.63) is 22.7 Å². The van der Waals surface area contributed by atoms with E-state index in [-0.39, 0.29) is 24.9 Å². The molecule has 6 nitrogen and oxygen atoms in total. The lowest BCUT2D eigenvalue weighted by molar-refractivity contribution is -0.124. The Bertz CT molecular complexity index is 497. The van der Waals surface area contributed by atoms with E-state index in [1.54, 1.807) is 12.1 Å². The number of ether oxygens (including phenoxy) is 1. The molecule has 1 aromatic carbocycles. The van der Waals surface area contributed by atoms with Crippen LogP contribution in [0.25, 0.3) is 0 Å². The third-order valence-corrected chi connectivity index (χ3v) is 3.24. The van der Waals surface area contributed by atoms with Crippen molar-refractivity contribution in [2.45, 2.75) is 6.04 Å². The van der Waals surface area contributed by atoms with Gasteiger partial charge in [-0.3, -0.25) is 14.9 Å². The number of amides is 2. The number of rotatable bonds is 3. The van der Waals surface area contributed by atoms with Crippen LogP contribution in [0.2, 0.25) is 0 Å². The zero-order chi connectivity index (χ0) is 13.8. The van der Waals surface area contributed by atoms with Gasteiger partial charge >= 0.3 is 0 Å². The molecule has 1 fully saturated rings. The van der Waals surface area contributed by atoms with Gasteiger partial charge in [0.25, 0.3) is 0 Å². The first-order valence-electron chi connectivity index (χ1n) is 5.74. The monoisotopic (exact) mass is 327 g/mol. The highest BCUT2D eigenvalue weighted by Gasteiger charge is 2.24. The Labute approximate surface area is 119 Å². The maximum absolute atomic E-state index is 12.1. The van der Waals surface area contributed by atoms with E-state index < -0.39 is 6.04 Å². The number of hydrogen-bond donors (Lipinski definition) is 3. The normalized spacial score (nSPS) is 18.6. The molecule has 1 aromatic rings. The van der Waals surface area contributed by atoms with Crippen molar-refractivity contribution < 1.29 is 14.3 Å². The van der Waals surface area contributed by atoms with Crippen LogP contribution in [0.4, 0.5) is 5.69 Å². The van der Waals surface area contributed by atoms with Crippen LogP contribution in [0.5, 0.6) is 5.75 Å². The molecule has 0 aliphatic carbocycles. The van der Waals surface area contributed by atoms with Crippen molar-refractivity contribution in [2.24, 2.45) is 0 Å². The van der Waals surface area contributed by atoms with Crippen molar-refractivity contribution >= 4 is 33.4 Å². The van der Waals surface area contributed by atoms with Crippen LogP contribution in [0.3, 0.4) is 0 Å². The van der Waals surface area contributed by atoms with Crippen LogP contribution in [-0.2, 0) is 9.59 Å². The molecular weight excluding hydrogens is 314 g/mol. The second kappa shape index (κ2) is 6.03. The van der Waals surface area contributed by atoms with Gasteiger partial charge in [0, 0.05) is 11.0 Å². The quantitative estimate of drug-likeness (QED) is 0.754. The highest BCUT2D eigenvalue weighted by molar-refractivity contribution is 9.10. The van der Waals surface area contributed by atoms with Gasteiger partial charge in [-0.2, -0.15) is 0 Å². The Morgan fingerprint density at radius 3 is 2.95 bits per heavy atom. The number of anilines is 1. The molecule has 0 radical (unpaired) electrons. The topological polar surface area (TPSA) is 79.5 Å². The Morgan fingerprint density at radius 2 is 2.32 bits per heavy atom. The summed E-state index contributed by atoms with van der Waals surface area (Å²) in [5, 5.41) is 8.28. The Kier molecular flexibility index (Phi) is 4.39. The Hall–Kier alpha value is -1.60. The number of carbonyl (C=O) groups excluding carboxylic acids is 2. The molecule has 0 bridgehead atoms. The van der Waals surface area contributed by atoms with Gasteiger partial charge in [0.15, 0.2) is 0 Å². The molecule has 2 amide bonds. The van der Waals surface area contributed by atoms with Gasteiger partial charge < -0.3 is 15.4 Å². The van der Waals surface area contributed by atoms with E-state index in [1.165, 1.54) is 7.11 Å². The minimum atomic E-state index is -0.443. The van der Waals surface area contributed by atoms with Crippen LogP contribution in [-0.4, -0.2) is 38.1 Å². The third-order valence-electron chi connectivity index (χ3n) is 2.75. The SMILES string of the molecule is COc1ccc(Br)cc1NC(=O)C1CNC(=O)CN1. The summed E-state index contributed by atoms with van der Waals surface area (Å²) < 4.78 is 6.02. The highest BCUT2D eigenvalue weighted by atomic mass is 79.9. The molecular formula is C12H14BrN3O3. The molecule has 7 heteroatoms. The number of piperazine rings is 1. The lowest BCUT2D eigenvalue weighted by atomic mass is 10.2. The van der Waals surface area contributed by atoms with Crippen molar-refractivity contribution in [3.63, 3.8) is 0 Å². The lowest BCUT2D eigenvalue weighted by Gasteiger charge is -2.23. The largest absolute Gasteiger partial charge is 0.495 e. The molecule has 0 spiro atoms. The standard InChI is InChI=1S/C12H14BrN3O3/c1-19-10-3-2-7(13)4-8(10)16-12(18)9-5-15-11(17)6-14-9/h2-4,9,14H,5-6H2,1H3,(H,15,17)(H,16,18). The summed E-state index contributed by atoms with van der Waals surface area (Å²) in [6.45, 7) is 0.425. The van der Waals surface area contributed by atoms with Gasteiger partial charge in [0.2, 0.25) is 11.8 Å². The summed E-state index contributed by atoms with van der Waals surface area (Å²) in [6.07, 6.45) is 0. The van der Waals surface area contributed by atoms with Crippen molar-refractivity contribution in [2.75, 3.05) is 25.5 Å². The number of hydrogen-bond acceptors (Lipinski definition) is 4. The van der Waals surface area contributed by atoms with Gasteiger partial charge in [0.1, 0.15) is 11.8 Å². The molecule has 2 rings (SSSR count). The zero-order valence-corrected chi connectivity index (χ0v) is 11.9. The Balaban J connectivity index is 2.06. The Morgan fingerprint density at radius 1 is 1.53 bits per heavy atom. The summed E-state index contributed by atoms with van der Waals surface area (Å²) >= 11 is 3.34. The number of methoxy groups -OCH3 is 1. The molecule has 3 N–H and O–H groups in total. The average Bonchev–Trinajstić information content (AvgIpc) is 2.39. The number of halogens is 1. The maximum Gasteiger partial charge on any atom is 0.243 e. The minimum Gasteiger partial charge on any atom is -0.495 e. The van der Waals surface area contributed by atoms with E-state index in [1.807, 2.05) is 6.07 Å². The van der Waals surface area contributed by atoms with E-state index in [0.717, 1.165) is 4.47 Å². The number of nitrogens with one attached hydrogen (secondary N) is 3. The predicted molar refractivity (Wildman–Crippen MR) is 74.1 cm³/mol. The summed E-state index contributed by atoms with van der Waals surface area (Å²) in [6, 6.07) is 4.91. The minimum absolute atomic E-state index is 0.107. The van der Waals surface area contributed by atoms with Crippen molar-refractivity contribution in [1.82, 2.24) is 10.6 Å². The van der Waals surface area contributed by atoms with Crippen LogP contribution in [0, 0.1) is 0 Å². The summed E-state index contributed by atoms with van der Waals surface area (Å²) in [5.41, 5.74) is 0.584. The summed E-state index contributed by atoms with van der Waals surface area (Å²) in [7, 11) is 1.54. The molecule has 1 saturated heterocycles. The average molecular weight is 328 g/mol. The van der Waals surface area contributed by atoms with E-state index in [2.05, 4.69) is 31.9 Å². The molecule has 1 unspecified atom stereocenters. The summed E-state index contributed by atoms with van der Waals surface area (Å²) in [5.74, 6) is 0.261. The zero-order valence-electron chi connectivity index (χ0n) is 10.3. The van der Waals surface area contributed by atoms with Crippen molar-refractivity contribution in [3.8, 4) is 5.75 Å². The fourth-order valence-corrected chi connectivity index (χ4v) is 2.11. The second-order valence-electron chi connectivity index (χ2n) is 4.07. The van der Waals surface area contributed by atoms with Gasteiger partial charge in [0.05, 0.1) is 19.3 Å². The molecule has 1 atom stereocenters. The van der Waals surface area contributed by atoms with Gasteiger partial charge in [-0.1, -0.05) is 15.9 Å². The van der Waals surface area contributed by atoms with E-state index >= 15 is 0 Å². The van der Waals surface area contributed by atoms with Crippen LogP contribution < -0.4 is 20.7 Å².